The summed E-state index contributed by atoms with van der Waals surface area (Å²) in [6, 6.07) is 6.69. The number of hydrogen-bond donors (Lipinski definition) is 2. The molecule has 1 aromatic carbocycles. The van der Waals surface area contributed by atoms with Gasteiger partial charge in [-0.15, -0.1) is 0 Å². The molecule has 1 saturated carbocycles. The molecule has 150 valence electrons. The van der Waals surface area contributed by atoms with Crippen LogP contribution in [0.4, 0.5) is 5.69 Å². The van der Waals surface area contributed by atoms with Crippen LogP contribution in [0, 0.1) is 13.8 Å². The molecule has 5 heteroatoms. The van der Waals surface area contributed by atoms with Crippen LogP contribution in [0.15, 0.2) is 18.2 Å². The molecule has 5 nitrogen and oxygen atoms in total. The Labute approximate surface area is 163 Å². The molecule has 2 N–H and O–H groups in total. The summed E-state index contributed by atoms with van der Waals surface area (Å²) in [5.41, 5.74) is 2.71. The number of aliphatic hydroxyl groups excluding tert-OH is 1. The van der Waals surface area contributed by atoms with Gasteiger partial charge < -0.3 is 15.3 Å². The molecule has 0 unspecified atom stereocenters. The van der Waals surface area contributed by atoms with Crippen molar-refractivity contribution < 1.29 is 9.90 Å². The Balaban J connectivity index is 1.69. The number of nitrogens with zero attached hydrogens (tertiary/aromatic N) is 2. The van der Waals surface area contributed by atoms with Gasteiger partial charge in [-0.2, -0.15) is 0 Å². The lowest BCUT2D eigenvalue weighted by Crippen LogP contribution is -2.60. The fourth-order valence-corrected chi connectivity index (χ4v) is 4.80. The minimum Gasteiger partial charge on any atom is -0.393 e. The van der Waals surface area contributed by atoms with Crippen LogP contribution in [0.25, 0.3) is 0 Å². The number of amides is 1. The number of anilines is 1. The number of piperidine rings is 1. The smallest absolute Gasteiger partial charge is 0.244 e. The van der Waals surface area contributed by atoms with Crippen LogP contribution >= 0.6 is 0 Å². The van der Waals surface area contributed by atoms with Crippen LogP contribution in [-0.4, -0.2) is 65.7 Å². The zero-order valence-corrected chi connectivity index (χ0v) is 17.3. The SMILES string of the molecule is Cc1cccc(C)c1NC(=O)C1(N(C)C)CCN([C@H]2CC[C@@H](O)CC2)CC1. The molecule has 3 rings (SSSR count). The van der Waals surface area contributed by atoms with Crippen molar-refractivity contribution in [2.24, 2.45) is 0 Å². The van der Waals surface area contributed by atoms with Crippen LogP contribution in [0.5, 0.6) is 0 Å². The number of benzene rings is 1. The number of carbonyl (C=O) groups is 1. The minimum atomic E-state index is -0.459. The lowest BCUT2D eigenvalue weighted by molar-refractivity contribution is -0.130. The highest BCUT2D eigenvalue weighted by Crippen LogP contribution is 2.33. The van der Waals surface area contributed by atoms with Gasteiger partial charge in [0.05, 0.1) is 6.10 Å². The summed E-state index contributed by atoms with van der Waals surface area (Å²) in [4.78, 5) is 18.0. The summed E-state index contributed by atoms with van der Waals surface area (Å²) in [6.45, 7) is 5.98. The second-order valence-corrected chi connectivity index (χ2v) is 8.65. The first-order valence-electron chi connectivity index (χ1n) is 10.3. The second kappa shape index (κ2) is 8.29. The fraction of sp³-hybridized carbons (Fsp3) is 0.682. The second-order valence-electron chi connectivity index (χ2n) is 8.65. The van der Waals surface area contributed by atoms with E-state index in [9.17, 15) is 9.90 Å². The van der Waals surface area contributed by atoms with Crippen LogP contribution in [0.3, 0.4) is 0 Å². The van der Waals surface area contributed by atoms with E-state index < -0.39 is 5.54 Å². The van der Waals surface area contributed by atoms with E-state index in [0.717, 1.165) is 68.4 Å². The van der Waals surface area contributed by atoms with Crippen molar-refractivity contribution >= 4 is 11.6 Å². The van der Waals surface area contributed by atoms with Crippen LogP contribution in [-0.2, 0) is 4.79 Å². The van der Waals surface area contributed by atoms with Gasteiger partial charge in [0.25, 0.3) is 0 Å². The van der Waals surface area contributed by atoms with Gasteiger partial charge >= 0.3 is 0 Å². The number of aliphatic hydroxyl groups is 1. The maximum Gasteiger partial charge on any atom is 0.244 e. The molecule has 0 aromatic heterocycles. The number of rotatable bonds is 4. The number of aryl methyl sites for hydroxylation is 2. The van der Waals surface area contributed by atoms with Crippen LogP contribution in [0.2, 0.25) is 0 Å². The van der Waals surface area contributed by atoms with Crippen molar-refractivity contribution in [3.05, 3.63) is 29.3 Å². The molecular weight excluding hydrogens is 338 g/mol. The Hall–Kier alpha value is -1.43. The molecule has 1 aliphatic heterocycles. The molecule has 0 radical (unpaired) electrons. The highest BCUT2D eigenvalue weighted by atomic mass is 16.3. The molecule has 27 heavy (non-hydrogen) atoms. The summed E-state index contributed by atoms with van der Waals surface area (Å²) < 4.78 is 0. The normalized spacial score (nSPS) is 26.1. The first-order valence-corrected chi connectivity index (χ1v) is 10.3. The standard InChI is InChI=1S/C22H35N3O2/c1-16-6-5-7-17(2)20(16)23-21(27)22(24(3)4)12-14-25(15-13-22)18-8-10-19(26)11-9-18/h5-7,18-19,26H,8-15H2,1-4H3,(H,23,27)/t18-,19+. The van der Waals surface area contributed by atoms with Crippen LogP contribution in [0.1, 0.15) is 49.7 Å². The molecular formula is C22H35N3O2. The Bertz CT molecular complexity index is 637. The number of nitrogens with one attached hydrogen (secondary N) is 1. The summed E-state index contributed by atoms with van der Waals surface area (Å²) in [5, 5.41) is 13.0. The molecule has 1 aromatic rings. The van der Waals surface area contributed by atoms with Crippen molar-refractivity contribution in [3.8, 4) is 0 Å². The van der Waals surface area contributed by atoms with E-state index in [0.29, 0.717) is 6.04 Å². The van der Waals surface area contributed by atoms with Crippen LogP contribution < -0.4 is 5.32 Å². The van der Waals surface area contributed by atoms with Crippen molar-refractivity contribution in [1.82, 2.24) is 9.80 Å². The zero-order chi connectivity index (χ0) is 19.6. The van der Waals surface area contributed by atoms with E-state index in [1.54, 1.807) is 0 Å². The predicted molar refractivity (Wildman–Crippen MR) is 110 cm³/mol. The number of para-hydroxylation sites is 1. The molecule has 0 spiro atoms. The molecule has 2 aliphatic rings. The third-order valence-corrected chi connectivity index (χ3v) is 6.81. The molecule has 1 saturated heterocycles. The van der Waals surface area contributed by atoms with Gasteiger partial charge in [-0.3, -0.25) is 9.69 Å². The quantitative estimate of drug-likeness (QED) is 0.852. The maximum atomic E-state index is 13.4. The van der Waals surface area contributed by atoms with E-state index in [1.807, 2.05) is 46.1 Å². The van der Waals surface area contributed by atoms with E-state index in [-0.39, 0.29) is 12.0 Å². The number of carbonyl (C=O) groups excluding carboxylic acids is 1. The average molecular weight is 374 g/mol. The first kappa shape index (κ1) is 20.3. The van der Waals surface area contributed by atoms with E-state index in [1.165, 1.54) is 0 Å². The summed E-state index contributed by atoms with van der Waals surface area (Å²) in [7, 11) is 4.05. The van der Waals surface area contributed by atoms with Gasteiger partial charge in [-0.05, 0) is 77.6 Å². The third-order valence-electron chi connectivity index (χ3n) is 6.81. The molecule has 1 amide bonds. The highest BCUT2D eigenvalue weighted by Gasteiger charge is 2.44. The fourth-order valence-electron chi connectivity index (χ4n) is 4.80. The Morgan fingerprint density at radius 2 is 1.67 bits per heavy atom. The molecule has 1 aliphatic carbocycles. The lowest BCUT2D eigenvalue weighted by atomic mass is 9.82. The predicted octanol–water partition coefficient (Wildman–Crippen LogP) is 2.94. The van der Waals surface area contributed by atoms with Crippen molar-refractivity contribution in [2.75, 3.05) is 32.5 Å². The minimum absolute atomic E-state index is 0.114. The monoisotopic (exact) mass is 373 g/mol. The topological polar surface area (TPSA) is 55.8 Å². The lowest BCUT2D eigenvalue weighted by Gasteiger charge is -2.47. The van der Waals surface area contributed by atoms with Crippen molar-refractivity contribution in [1.29, 1.82) is 0 Å². The zero-order valence-electron chi connectivity index (χ0n) is 17.3. The molecule has 0 atom stereocenters. The Kier molecular flexibility index (Phi) is 6.24. The highest BCUT2D eigenvalue weighted by molar-refractivity contribution is 5.99. The Morgan fingerprint density at radius 1 is 1.11 bits per heavy atom. The average Bonchev–Trinajstić information content (AvgIpc) is 2.65. The summed E-state index contributed by atoms with van der Waals surface area (Å²) >= 11 is 0. The van der Waals surface area contributed by atoms with Gasteiger partial charge in [0.15, 0.2) is 0 Å². The van der Waals surface area contributed by atoms with Crippen molar-refractivity contribution in [2.45, 2.75) is 70.1 Å². The molecule has 0 bridgehead atoms. The van der Waals surface area contributed by atoms with Gasteiger partial charge in [0, 0.05) is 24.8 Å². The van der Waals surface area contributed by atoms with Gasteiger partial charge in [-0.1, -0.05) is 18.2 Å². The van der Waals surface area contributed by atoms with Crippen molar-refractivity contribution in [3.63, 3.8) is 0 Å². The maximum absolute atomic E-state index is 13.4. The van der Waals surface area contributed by atoms with Gasteiger partial charge in [-0.25, -0.2) is 0 Å². The van der Waals surface area contributed by atoms with E-state index in [4.69, 9.17) is 0 Å². The number of likely N-dealkylation sites (tertiary alicyclic amines) is 1. The molecule has 2 fully saturated rings. The largest absolute Gasteiger partial charge is 0.393 e. The van der Waals surface area contributed by atoms with Gasteiger partial charge in [0.2, 0.25) is 5.91 Å². The molecule has 1 heterocycles. The van der Waals surface area contributed by atoms with E-state index >= 15 is 0 Å². The number of hydrogen-bond acceptors (Lipinski definition) is 4. The summed E-state index contributed by atoms with van der Waals surface area (Å²) in [6.07, 6.45) is 5.54. The Morgan fingerprint density at radius 3 is 2.19 bits per heavy atom. The first-order chi connectivity index (χ1) is 12.8. The third kappa shape index (κ3) is 4.20. The van der Waals surface area contributed by atoms with E-state index in [2.05, 4.69) is 15.1 Å². The number of likely N-dealkylation sites (N-methyl/N-ethyl adjacent to an activating group) is 1. The van der Waals surface area contributed by atoms with Gasteiger partial charge in [0.1, 0.15) is 5.54 Å². The summed E-state index contributed by atoms with van der Waals surface area (Å²) in [5.74, 6) is 0.114.